The first-order chi connectivity index (χ1) is 9.13. The average Bonchev–Trinajstić information content (AvgIpc) is 2.41. The molecule has 0 unspecified atom stereocenters. The number of nitrogens with two attached hydrogens (primary N) is 1. The SMILES string of the molecule is Nc1ccc(CCC(=O)Nc2ccc(=O)[nH]n2)cc1. The molecular weight excluding hydrogens is 244 g/mol. The van der Waals surface area contributed by atoms with Gasteiger partial charge in [0.05, 0.1) is 0 Å². The third-order valence-corrected chi connectivity index (χ3v) is 2.57. The van der Waals surface area contributed by atoms with Crippen LogP contribution in [-0.4, -0.2) is 16.1 Å². The first-order valence-electron chi connectivity index (χ1n) is 5.83. The van der Waals surface area contributed by atoms with Crippen molar-refractivity contribution < 1.29 is 4.79 Å². The second kappa shape index (κ2) is 5.81. The molecule has 1 aromatic carbocycles. The van der Waals surface area contributed by atoms with E-state index in [1.807, 2.05) is 12.1 Å². The van der Waals surface area contributed by atoms with Gasteiger partial charge in [-0.25, -0.2) is 5.10 Å². The lowest BCUT2D eigenvalue weighted by Gasteiger charge is -2.04. The summed E-state index contributed by atoms with van der Waals surface area (Å²) in [6.07, 6.45) is 0.959. The van der Waals surface area contributed by atoms with Gasteiger partial charge in [0.1, 0.15) is 0 Å². The first-order valence-corrected chi connectivity index (χ1v) is 5.83. The number of amides is 1. The number of nitrogens with one attached hydrogen (secondary N) is 2. The number of carbonyl (C=O) groups excluding carboxylic acids is 1. The summed E-state index contributed by atoms with van der Waals surface area (Å²) in [6.45, 7) is 0. The Labute approximate surface area is 109 Å². The van der Waals surface area contributed by atoms with Crippen LogP contribution in [-0.2, 0) is 11.2 Å². The maximum atomic E-state index is 11.7. The number of aromatic amines is 1. The van der Waals surface area contributed by atoms with Crippen LogP contribution in [0.1, 0.15) is 12.0 Å². The molecule has 2 rings (SSSR count). The Morgan fingerprint density at radius 2 is 1.95 bits per heavy atom. The minimum absolute atomic E-state index is 0.156. The smallest absolute Gasteiger partial charge is 0.264 e. The molecule has 6 nitrogen and oxygen atoms in total. The summed E-state index contributed by atoms with van der Waals surface area (Å²) in [5.41, 5.74) is 7.01. The highest BCUT2D eigenvalue weighted by Crippen LogP contribution is 2.08. The number of rotatable bonds is 4. The Morgan fingerprint density at radius 1 is 1.21 bits per heavy atom. The first kappa shape index (κ1) is 12.8. The molecule has 2 aromatic rings. The number of carbonyl (C=O) groups is 1. The van der Waals surface area contributed by atoms with Crippen molar-refractivity contribution in [2.45, 2.75) is 12.8 Å². The summed E-state index contributed by atoms with van der Waals surface area (Å²) in [4.78, 5) is 22.5. The lowest BCUT2D eigenvalue weighted by Crippen LogP contribution is -2.16. The van der Waals surface area contributed by atoms with Gasteiger partial charge in [0.2, 0.25) is 5.91 Å². The molecule has 0 saturated heterocycles. The van der Waals surface area contributed by atoms with Crippen LogP contribution >= 0.6 is 0 Å². The fourth-order valence-electron chi connectivity index (χ4n) is 1.56. The molecule has 0 fully saturated rings. The quantitative estimate of drug-likeness (QED) is 0.710. The summed E-state index contributed by atoms with van der Waals surface area (Å²) in [5.74, 6) is 0.179. The van der Waals surface area contributed by atoms with Gasteiger partial charge in [-0.3, -0.25) is 9.59 Å². The number of aryl methyl sites for hydroxylation is 1. The molecule has 0 aliphatic carbocycles. The Morgan fingerprint density at radius 3 is 2.58 bits per heavy atom. The topological polar surface area (TPSA) is 101 Å². The number of aromatic nitrogens is 2. The second-order valence-electron chi connectivity index (χ2n) is 4.10. The molecule has 6 heteroatoms. The Hall–Kier alpha value is -2.63. The van der Waals surface area contributed by atoms with Crippen molar-refractivity contribution in [1.29, 1.82) is 0 Å². The van der Waals surface area contributed by atoms with Crippen molar-refractivity contribution in [2.75, 3.05) is 11.1 Å². The molecule has 0 aliphatic rings. The van der Waals surface area contributed by atoms with Crippen molar-refractivity contribution in [2.24, 2.45) is 0 Å². The highest BCUT2D eigenvalue weighted by molar-refractivity contribution is 5.89. The fourth-order valence-corrected chi connectivity index (χ4v) is 1.56. The van der Waals surface area contributed by atoms with Gasteiger partial charge >= 0.3 is 0 Å². The number of nitrogens with zero attached hydrogens (tertiary/aromatic N) is 1. The number of benzene rings is 1. The van der Waals surface area contributed by atoms with Crippen molar-refractivity contribution in [3.8, 4) is 0 Å². The molecule has 98 valence electrons. The van der Waals surface area contributed by atoms with Crippen LogP contribution < -0.4 is 16.6 Å². The van der Waals surface area contributed by atoms with Crippen molar-refractivity contribution in [1.82, 2.24) is 10.2 Å². The van der Waals surface area contributed by atoms with Gasteiger partial charge in [-0.15, -0.1) is 0 Å². The van der Waals surface area contributed by atoms with Gasteiger partial charge < -0.3 is 11.1 Å². The van der Waals surface area contributed by atoms with Gasteiger partial charge in [-0.2, -0.15) is 5.10 Å². The summed E-state index contributed by atoms with van der Waals surface area (Å²) in [6, 6.07) is 10.2. The third-order valence-electron chi connectivity index (χ3n) is 2.57. The molecule has 4 N–H and O–H groups in total. The Balaban J connectivity index is 1.86. The van der Waals surface area contributed by atoms with E-state index in [1.54, 1.807) is 12.1 Å². The van der Waals surface area contributed by atoms with Gasteiger partial charge in [-0.1, -0.05) is 12.1 Å². The van der Waals surface area contributed by atoms with E-state index in [1.165, 1.54) is 12.1 Å². The molecule has 0 spiro atoms. The van der Waals surface area contributed by atoms with Crippen LogP contribution in [0, 0.1) is 0 Å². The molecule has 0 atom stereocenters. The highest BCUT2D eigenvalue weighted by Gasteiger charge is 2.04. The summed E-state index contributed by atoms with van der Waals surface area (Å²) >= 11 is 0. The molecule has 0 saturated carbocycles. The molecule has 19 heavy (non-hydrogen) atoms. The molecule has 0 radical (unpaired) electrons. The van der Waals surface area contributed by atoms with Crippen LogP contribution in [0.25, 0.3) is 0 Å². The number of hydrogen-bond acceptors (Lipinski definition) is 4. The lowest BCUT2D eigenvalue weighted by molar-refractivity contribution is -0.116. The fraction of sp³-hybridized carbons (Fsp3) is 0.154. The Kier molecular flexibility index (Phi) is 3.92. The number of nitrogen functional groups attached to an aromatic ring is 1. The van der Waals surface area contributed by atoms with Gasteiger partial charge in [-0.05, 0) is 30.2 Å². The monoisotopic (exact) mass is 258 g/mol. The van der Waals surface area contributed by atoms with E-state index >= 15 is 0 Å². The normalized spacial score (nSPS) is 10.1. The van der Waals surface area contributed by atoms with Gasteiger partial charge in [0.25, 0.3) is 5.56 Å². The number of H-pyrrole nitrogens is 1. The minimum Gasteiger partial charge on any atom is -0.399 e. The molecular formula is C13H14N4O2. The molecule has 1 heterocycles. The van der Waals surface area contributed by atoms with Crippen LogP contribution in [0.4, 0.5) is 11.5 Å². The zero-order chi connectivity index (χ0) is 13.7. The van der Waals surface area contributed by atoms with Crippen LogP contribution in [0.3, 0.4) is 0 Å². The molecule has 1 amide bonds. The van der Waals surface area contributed by atoms with Crippen molar-refractivity contribution in [3.05, 3.63) is 52.3 Å². The average molecular weight is 258 g/mol. The van der Waals surface area contributed by atoms with E-state index in [4.69, 9.17) is 5.73 Å². The standard InChI is InChI=1S/C13H14N4O2/c14-10-4-1-9(2-5-10)3-7-12(18)15-11-6-8-13(19)17-16-11/h1-2,4-6,8H,3,7,14H2,(H,17,19)(H,15,16,18). The van der Waals surface area contributed by atoms with Gasteiger partial charge in [0, 0.05) is 18.2 Å². The molecule has 0 aliphatic heterocycles. The van der Waals surface area contributed by atoms with E-state index in [2.05, 4.69) is 15.5 Å². The van der Waals surface area contributed by atoms with Crippen molar-refractivity contribution in [3.63, 3.8) is 0 Å². The molecule has 1 aromatic heterocycles. The van der Waals surface area contributed by atoms with E-state index in [0.717, 1.165) is 5.56 Å². The maximum absolute atomic E-state index is 11.7. The zero-order valence-electron chi connectivity index (χ0n) is 10.2. The van der Waals surface area contributed by atoms with Crippen molar-refractivity contribution >= 4 is 17.4 Å². The maximum Gasteiger partial charge on any atom is 0.264 e. The minimum atomic E-state index is -0.306. The number of anilines is 2. The van der Waals surface area contributed by atoms with Crippen LogP contribution in [0.5, 0.6) is 0 Å². The highest BCUT2D eigenvalue weighted by atomic mass is 16.1. The summed E-state index contributed by atoms with van der Waals surface area (Å²) < 4.78 is 0. The predicted octanol–water partition coefficient (Wildman–Crippen LogP) is 0.923. The largest absolute Gasteiger partial charge is 0.399 e. The lowest BCUT2D eigenvalue weighted by atomic mass is 10.1. The van der Waals surface area contributed by atoms with E-state index in [-0.39, 0.29) is 11.5 Å². The van der Waals surface area contributed by atoms with Crippen LogP contribution in [0.2, 0.25) is 0 Å². The Bertz CT molecular complexity index is 599. The summed E-state index contributed by atoms with van der Waals surface area (Å²) in [7, 11) is 0. The number of hydrogen-bond donors (Lipinski definition) is 3. The van der Waals surface area contributed by atoms with Gasteiger partial charge in [0.15, 0.2) is 5.82 Å². The molecule has 0 bridgehead atoms. The third kappa shape index (κ3) is 3.95. The van der Waals surface area contributed by atoms with E-state index in [0.29, 0.717) is 24.3 Å². The zero-order valence-corrected chi connectivity index (χ0v) is 10.2. The van der Waals surface area contributed by atoms with E-state index in [9.17, 15) is 9.59 Å². The predicted molar refractivity (Wildman–Crippen MR) is 72.7 cm³/mol. The second-order valence-corrected chi connectivity index (χ2v) is 4.10. The summed E-state index contributed by atoms with van der Waals surface area (Å²) in [5, 5.41) is 8.56. The van der Waals surface area contributed by atoms with Crippen LogP contribution in [0.15, 0.2) is 41.2 Å². The van der Waals surface area contributed by atoms with E-state index < -0.39 is 0 Å².